The van der Waals surface area contributed by atoms with E-state index in [-0.39, 0.29) is 35.4 Å². The summed E-state index contributed by atoms with van der Waals surface area (Å²) in [5.74, 6) is 0.430. The summed E-state index contributed by atoms with van der Waals surface area (Å²) in [5, 5.41) is 18.8. The quantitative estimate of drug-likeness (QED) is 0.217. The maximum atomic E-state index is 12.6. The fourth-order valence-corrected chi connectivity index (χ4v) is 3.69. The molecule has 0 unspecified atom stereocenters. The first kappa shape index (κ1) is 23.6. The van der Waals surface area contributed by atoms with Gasteiger partial charge >= 0.3 is 0 Å². The van der Waals surface area contributed by atoms with Crippen LogP contribution in [0.5, 0.6) is 5.75 Å². The molecule has 34 heavy (non-hydrogen) atoms. The van der Waals surface area contributed by atoms with Gasteiger partial charge < -0.3 is 14.5 Å². The van der Waals surface area contributed by atoms with Crippen molar-refractivity contribution in [3.05, 3.63) is 103 Å². The van der Waals surface area contributed by atoms with Gasteiger partial charge in [0.2, 0.25) is 0 Å². The second-order valence-corrected chi connectivity index (χ2v) is 8.20. The van der Waals surface area contributed by atoms with Crippen molar-refractivity contribution in [2.45, 2.75) is 13.2 Å². The third-order valence-electron chi connectivity index (χ3n) is 4.64. The Balaban J connectivity index is 1.37. The molecule has 0 fully saturated rings. The molecule has 1 N–H and O–H groups in total. The van der Waals surface area contributed by atoms with E-state index in [2.05, 4.69) is 10.4 Å². The number of aromatic nitrogens is 2. The summed E-state index contributed by atoms with van der Waals surface area (Å²) in [6, 6.07) is 13.9. The molecule has 4 aromatic rings. The lowest BCUT2D eigenvalue weighted by molar-refractivity contribution is -0.384. The summed E-state index contributed by atoms with van der Waals surface area (Å²) in [7, 11) is 0. The molecule has 0 aliphatic rings. The Morgan fingerprint density at radius 1 is 1.06 bits per heavy atom. The summed E-state index contributed by atoms with van der Waals surface area (Å²) in [5.41, 5.74) is 0.631. The molecule has 12 heteroatoms. The van der Waals surface area contributed by atoms with Gasteiger partial charge in [0.25, 0.3) is 11.6 Å². The van der Waals surface area contributed by atoms with Crippen LogP contribution in [0.4, 0.5) is 11.5 Å². The highest BCUT2D eigenvalue weighted by molar-refractivity contribution is 6.36. The average molecular weight is 522 g/mol. The van der Waals surface area contributed by atoms with Crippen molar-refractivity contribution < 1.29 is 18.9 Å². The van der Waals surface area contributed by atoms with Crippen LogP contribution in [-0.2, 0) is 13.2 Å². The molecule has 0 atom stereocenters. The molecule has 0 saturated heterocycles. The van der Waals surface area contributed by atoms with Gasteiger partial charge in [-0.1, -0.05) is 40.9 Å². The van der Waals surface area contributed by atoms with Crippen molar-refractivity contribution in [2.24, 2.45) is 0 Å². The number of furan rings is 1. The van der Waals surface area contributed by atoms with Gasteiger partial charge in [-0.25, -0.2) is 0 Å². The van der Waals surface area contributed by atoms with Gasteiger partial charge in [-0.3, -0.25) is 19.6 Å². The lowest BCUT2D eigenvalue weighted by Crippen LogP contribution is -2.12. The van der Waals surface area contributed by atoms with Crippen LogP contribution in [0.15, 0.2) is 65.2 Å². The maximum absolute atomic E-state index is 12.6. The predicted molar refractivity (Wildman–Crippen MR) is 127 cm³/mol. The Kier molecular flexibility index (Phi) is 7.06. The lowest BCUT2D eigenvalue weighted by atomic mass is 10.2. The minimum atomic E-state index is -0.551. The van der Waals surface area contributed by atoms with Crippen molar-refractivity contribution in [1.82, 2.24) is 9.78 Å². The second kappa shape index (κ2) is 10.2. The molecule has 2 aromatic carbocycles. The number of non-ortho nitro benzene ring substituents is 1. The minimum Gasteiger partial charge on any atom is -0.486 e. The minimum absolute atomic E-state index is 0.0269. The zero-order chi connectivity index (χ0) is 24.2. The van der Waals surface area contributed by atoms with E-state index < -0.39 is 10.8 Å². The third kappa shape index (κ3) is 5.51. The van der Waals surface area contributed by atoms with E-state index in [0.29, 0.717) is 27.1 Å². The molecular formula is C22H15Cl3N4O5. The van der Waals surface area contributed by atoms with Gasteiger partial charge in [0.1, 0.15) is 23.1 Å². The van der Waals surface area contributed by atoms with Gasteiger partial charge in [0.05, 0.1) is 11.5 Å². The molecule has 2 aromatic heterocycles. The van der Waals surface area contributed by atoms with Gasteiger partial charge in [0, 0.05) is 33.9 Å². The van der Waals surface area contributed by atoms with Crippen molar-refractivity contribution in [3.8, 4) is 5.75 Å². The van der Waals surface area contributed by atoms with E-state index in [0.717, 1.165) is 0 Å². The summed E-state index contributed by atoms with van der Waals surface area (Å²) >= 11 is 18.6. The smallest absolute Gasteiger partial charge is 0.292 e. The molecule has 9 nitrogen and oxygen atoms in total. The Morgan fingerprint density at radius 3 is 2.44 bits per heavy atom. The van der Waals surface area contributed by atoms with Crippen molar-refractivity contribution >= 4 is 52.2 Å². The van der Waals surface area contributed by atoms with E-state index in [1.165, 1.54) is 35.0 Å². The van der Waals surface area contributed by atoms with Crippen molar-refractivity contribution in [3.63, 3.8) is 0 Å². The Bertz CT molecular complexity index is 1330. The van der Waals surface area contributed by atoms with Gasteiger partial charge in [0.15, 0.2) is 11.6 Å². The third-order valence-corrected chi connectivity index (χ3v) is 5.63. The molecule has 1 amide bonds. The fourth-order valence-electron chi connectivity index (χ4n) is 2.97. The summed E-state index contributed by atoms with van der Waals surface area (Å²) in [6.45, 7) is 0.290. The number of ether oxygens (including phenoxy) is 1. The largest absolute Gasteiger partial charge is 0.486 e. The molecule has 0 spiro atoms. The highest BCUT2D eigenvalue weighted by Gasteiger charge is 2.17. The van der Waals surface area contributed by atoms with Crippen LogP contribution in [0.1, 0.15) is 21.9 Å². The number of carbonyl (C=O) groups is 1. The summed E-state index contributed by atoms with van der Waals surface area (Å²) in [4.78, 5) is 22.8. The number of hydrogen-bond donors (Lipinski definition) is 1. The van der Waals surface area contributed by atoms with E-state index >= 15 is 0 Å². The van der Waals surface area contributed by atoms with Crippen molar-refractivity contribution in [2.75, 3.05) is 5.32 Å². The first-order valence-electron chi connectivity index (χ1n) is 9.73. The molecule has 0 saturated carbocycles. The van der Waals surface area contributed by atoms with Crippen LogP contribution in [0.25, 0.3) is 0 Å². The lowest BCUT2D eigenvalue weighted by Gasteiger charge is -2.06. The number of nitro benzene ring substituents is 1. The number of hydrogen-bond acceptors (Lipinski definition) is 6. The first-order chi connectivity index (χ1) is 16.3. The molecule has 4 rings (SSSR count). The molecule has 2 heterocycles. The van der Waals surface area contributed by atoms with E-state index in [4.69, 9.17) is 44.0 Å². The SMILES string of the molecule is O=C(Nc1nn(Cc2c(Cl)cccc2Cl)cc1Cl)c1ccc(COc2ccc([N+](=O)[O-])cc2)o1. The highest BCUT2D eigenvalue weighted by Crippen LogP contribution is 2.27. The van der Waals surface area contributed by atoms with Crippen LogP contribution in [0.2, 0.25) is 15.1 Å². The number of carbonyl (C=O) groups excluding carboxylic acids is 1. The maximum Gasteiger partial charge on any atom is 0.292 e. The van der Waals surface area contributed by atoms with Crippen LogP contribution in [-0.4, -0.2) is 20.6 Å². The zero-order valence-corrected chi connectivity index (χ0v) is 19.5. The molecular weight excluding hydrogens is 507 g/mol. The van der Waals surface area contributed by atoms with E-state index in [1.807, 2.05) is 0 Å². The number of nitro groups is 1. The van der Waals surface area contributed by atoms with Crippen molar-refractivity contribution in [1.29, 1.82) is 0 Å². The normalized spacial score (nSPS) is 10.8. The summed E-state index contributed by atoms with van der Waals surface area (Å²) in [6.07, 6.45) is 1.54. The standard InChI is InChI=1S/C22H15Cl3N4O5/c23-17-2-1-3-18(24)16(17)10-28-11-19(25)21(27-28)26-22(30)20-9-8-15(34-20)12-33-14-6-4-13(5-7-14)29(31)32/h1-9,11H,10,12H2,(H,26,27,30). The number of halogens is 3. The monoisotopic (exact) mass is 520 g/mol. The first-order valence-corrected chi connectivity index (χ1v) is 10.9. The van der Waals surface area contributed by atoms with E-state index in [9.17, 15) is 14.9 Å². The molecule has 0 aliphatic heterocycles. The van der Waals surface area contributed by atoms with Gasteiger partial charge in [-0.15, -0.1) is 0 Å². The topological polar surface area (TPSA) is 112 Å². The second-order valence-electron chi connectivity index (χ2n) is 6.98. The van der Waals surface area contributed by atoms with Crippen LogP contribution < -0.4 is 10.1 Å². The molecule has 0 aliphatic carbocycles. The average Bonchev–Trinajstić information content (AvgIpc) is 3.42. The number of anilines is 1. The Hall–Kier alpha value is -3.53. The van der Waals surface area contributed by atoms with Crippen LogP contribution in [0.3, 0.4) is 0 Å². The number of rotatable bonds is 8. The van der Waals surface area contributed by atoms with Gasteiger partial charge in [-0.05, 0) is 36.4 Å². The Morgan fingerprint density at radius 2 is 1.76 bits per heavy atom. The summed E-state index contributed by atoms with van der Waals surface area (Å²) < 4.78 is 12.6. The number of benzene rings is 2. The zero-order valence-electron chi connectivity index (χ0n) is 17.2. The Labute approximate surface area is 207 Å². The fraction of sp³-hybridized carbons (Fsp3) is 0.0909. The van der Waals surface area contributed by atoms with Crippen LogP contribution >= 0.6 is 34.8 Å². The van der Waals surface area contributed by atoms with Crippen LogP contribution in [0, 0.1) is 10.1 Å². The van der Waals surface area contributed by atoms with E-state index in [1.54, 1.807) is 30.5 Å². The molecule has 174 valence electrons. The molecule has 0 bridgehead atoms. The number of nitrogens with zero attached hydrogens (tertiary/aromatic N) is 3. The highest BCUT2D eigenvalue weighted by atomic mass is 35.5. The number of nitrogens with one attached hydrogen (secondary N) is 1. The van der Waals surface area contributed by atoms with Gasteiger partial charge in [-0.2, -0.15) is 5.10 Å². The molecule has 0 radical (unpaired) electrons. The predicted octanol–water partition coefficient (Wildman–Crippen LogP) is 6.22. The number of amides is 1.